The zero-order valence-corrected chi connectivity index (χ0v) is 12.9. The first kappa shape index (κ1) is 13.9. The van der Waals surface area contributed by atoms with Crippen molar-refractivity contribution in [3.63, 3.8) is 0 Å². The maximum absolute atomic E-state index is 4.63. The van der Waals surface area contributed by atoms with Crippen molar-refractivity contribution in [2.45, 2.75) is 19.8 Å². The Morgan fingerprint density at radius 3 is 3.05 bits per heavy atom. The fourth-order valence-electron chi connectivity index (χ4n) is 2.15. The Balaban J connectivity index is 1.74. The minimum Gasteiger partial charge on any atom is -0.369 e. The van der Waals surface area contributed by atoms with Gasteiger partial charge in [0, 0.05) is 30.4 Å². The number of anilines is 2. The number of rotatable bonds is 7. The number of hydrogen-bond acceptors (Lipinski definition) is 5. The molecule has 0 unspecified atom stereocenters. The van der Waals surface area contributed by atoms with Crippen molar-refractivity contribution in [2.24, 2.45) is 0 Å². The molecule has 110 valence electrons. The van der Waals surface area contributed by atoms with Gasteiger partial charge < -0.3 is 15.0 Å². The lowest BCUT2D eigenvalue weighted by Gasteiger charge is -2.10. The maximum Gasteiger partial charge on any atom is 0.180 e. The second-order valence-corrected chi connectivity index (χ2v) is 5.85. The third kappa shape index (κ3) is 3.33. The van der Waals surface area contributed by atoms with Crippen LogP contribution in [0, 0.1) is 0 Å². The Morgan fingerprint density at radius 1 is 1.29 bits per heavy atom. The van der Waals surface area contributed by atoms with Crippen molar-refractivity contribution in [3.8, 4) is 0 Å². The first-order valence-electron chi connectivity index (χ1n) is 7.20. The molecule has 0 amide bonds. The Kier molecular flexibility index (Phi) is 4.35. The second kappa shape index (κ2) is 6.58. The van der Waals surface area contributed by atoms with Crippen molar-refractivity contribution in [1.29, 1.82) is 0 Å². The predicted octanol–water partition coefficient (Wildman–Crippen LogP) is 3.27. The lowest BCUT2D eigenvalue weighted by atomic mass is 10.3. The van der Waals surface area contributed by atoms with Crippen LogP contribution in [0.15, 0.2) is 36.1 Å². The molecule has 0 saturated carbocycles. The zero-order valence-electron chi connectivity index (χ0n) is 12.0. The normalized spacial score (nSPS) is 10.9. The Morgan fingerprint density at radius 2 is 2.24 bits per heavy atom. The van der Waals surface area contributed by atoms with Gasteiger partial charge in [0.25, 0.3) is 0 Å². The summed E-state index contributed by atoms with van der Waals surface area (Å²) in [6.07, 6.45) is 7.79. The molecule has 0 aromatic carbocycles. The number of imidazole rings is 1. The Hall–Kier alpha value is -2.08. The number of fused-ring (bicyclic) bond motifs is 1. The third-order valence-corrected chi connectivity index (χ3v) is 4.11. The van der Waals surface area contributed by atoms with Crippen LogP contribution < -0.4 is 10.6 Å². The molecular weight excluding hydrogens is 282 g/mol. The van der Waals surface area contributed by atoms with Gasteiger partial charge in [-0.15, -0.1) is 11.3 Å². The van der Waals surface area contributed by atoms with Crippen LogP contribution in [-0.4, -0.2) is 27.5 Å². The first-order chi connectivity index (χ1) is 10.4. The number of hydrogen-bond donors (Lipinski definition) is 2. The van der Waals surface area contributed by atoms with E-state index in [0.717, 1.165) is 43.2 Å². The SMILES string of the molecule is CCCNc1cn2ccnc2c(NCCc2cccs2)n1. The van der Waals surface area contributed by atoms with E-state index in [4.69, 9.17) is 0 Å². The number of nitrogens with zero attached hydrogens (tertiary/aromatic N) is 3. The quantitative estimate of drug-likeness (QED) is 0.703. The molecule has 0 saturated heterocycles. The van der Waals surface area contributed by atoms with Gasteiger partial charge in [0.05, 0.1) is 6.20 Å². The summed E-state index contributed by atoms with van der Waals surface area (Å²) in [6.45, 7) is 3.91. The number of thiophene rings is 1. The molecule has 0 radical (unpaired) electrons. The summed E-state index contributed by atoms with van der Waals surface area (Å²) >= 11 is 1.78. The molecule has 0 bridgehead atoms. The van der Waals surface area contributed by atoms with E-state index in [1.807, 2.05) is 16.8 Å². The lowest BCUT2D eigenvalue weighted by molar-refractivity contribution is 0.957. The van der Waals surface area contributed by atoms with Gasteiger partial charge in [0.15, 0.2) is 11.5 Å². The van der Waals surface area contributed by atoms with Crippen molar-refractivity contribution in [3.05, 3.63) is 41.0 Å². The molecular formula is C15H19N5S. The number of nitrogens with one attached hydrogen (secondary N) is 2. The third-order valence-electron chi connectivity index (χ3n) is 3.17. The summed E-state index contributed by atoms with van der Waals surface area (Å²) in [5.41, 5.74) is 0.864. The number of aromatic nitrogens is 3. The van der Waals surface area contributed by atoms with Crippen molar-refractivity contribution in [2.75, 3.05) is 23.7 Å². The molecule has 0 aliphatic heterocycles. The van der Waals surface area contributed by atoms with Crippen LogP contribution >= 0.6 is 11.3 Å². The van der Waals surface area contributed by atoms with E-state index in [1.54, 1.807) is 17.5 Å². The minimum atomic E-state index is 0.831. The van der Waals surface area contributed by atoms with Crippen LogP contribution in [0.2, 0.25) is 0 Å². The second-order valence-electron chi connectivity index (χ2n) is 4.82. The monoisotopic (exact) mass is 301 g/mol. The summed E-state index contributed by atoms with van der Waals surface area (Å²) < 4.78 is 2.00. The van der Waals surface area contributed by atoms with Crippen LogP contribution in [0.4, 0.5) is 11.6 Å². The Labute approximate surface area is 128 Å². The van der Waals surface area contributed by atoms with Crippen molar-refractivity contribution >= 4 is 28.6 Å². The molecule has 3 aromatic rings. The summed E-state index contributed by atoms with van der Waals surface area (Å²) in [7, 11) is 0. The molecule has 3 rings (SSSR count). The molecule has 0 atom stereocenters. The van der Waals surface area contributed by atoms with E-state index in [9.17, 15) is 0 Å². The van der Waals surface area contributed by atoms with E-state index in [2.05, 4.69) is 45.0 Å². The van der Waals surface area contributed by atoms with Gasteiger partial charge in [-0.05, 0) is 24.3 Å². The van der Waals surface area contributed by atoms with Gasteiger partial charge in [-0.1, -0.05) is 13.0 Å². The van der Waals surface area contributed by atoms with Gasteiger partial charge in [-0.3, -0.25) is 0 Å². The fourth-order valence-corrected chi connectivity index (χ4v) is 2.86. The molecule has 0 fully saturated rings. The highest BCUT2D eigenvalue weighted by molar-refractivity contribution is 7.09. The van der Waals surface area contributed by atoms with Crippen LogP contribution in [0.3, 0.4) is 0 Å². The first-order valence-corrected chi connectivity index (χ1v) is 8.08. The molecule has 21 heavy (non-hydrogen) atoms. The summed E-state index contributed by atoms with van der Waals surface area (Å²) in [4.78, 5) is 10.4. The molecule has 6 heteroatoms. The zero-order chi connectivity index (χ0) is 14.5. The average Bonchev–Trinajstić information content (AvgIpc) is 3.15. The van der Waals surface area contributed by atoms with Gasteiger partial charge in [-0.25, -0.2) is 9.97 Å². The van der Waals surface area contributed by atoms with Crippen LogP contribution in [0.1, 0.15) is 18.2 Å². The van der Waals surface area contributed by atoms with E-state index >= 15 is 0 Å². The average molecular weight is 301 g/mol. The summed E-state index contributed by atoms with van der Waals surface area (Å²) in [5, 5.41) is 8.83. The standard InChI is InChI=1S/C15H19N5S/c1-2-6-16-13-11-20-9-8-18-15(20)14(19-13)17-7-5-12-4-3-10-21-12/h3-4,8-11,16H,2,5-7H2,1H3,(H,17,19). The minimum absolute atomic E-state index is 0.831. The molecule has 0 aliphatic rings. The van der Waals surface area contributed by atoms with Gasteiger partial charge in [0.1, 0.15) is 5.82 Å². The smallest absolute Gasteiger partial charge is 0.180 e. The maximum atomic E-state index is 4.63. The largest absolute Gasteiger partial charge is 0.369 e. The molecule has 3 heterocycles. The van der Waals surface area contributed by atoms with Gasteiger partial charge in [-0.2, -0.15) is 0 Å². The van der Waals surface area contributed by atoms with E-state index in [-0.39, 0.29) is 0 Å². The van der Waals surface area contributed by atoms with Crippen LogP contribution in [0.5, 0.6) is 0 Å². The fraction of sp³-hybridized carbons (Fsp3) is 0.333. The summed E-state index contributed by atoms with van der Waals surface area (Å²) in [5.74, 6) is 1.71. The van der Waals surface area contributed by atoms with E-state index in [1.165, 1.54) is 4.88 Å². The highest BCUT2D eigenvalue weighted by Crippen LogP contribution is 2.17. The molecule has 0 spiro atoms. The van der Waals surface area contributed by atoms with E-state index in [0.29, 0.717) is 0 Å². The lowest BCUT2D eigenvalue weighted by Crippen LogP contribution is -2.10. The molecule has 5 nitrogen and oxygen atoms in total. The predicted molar refractivity (Wildman–Crippen MR) is 88.3 cm³/mol. The van der Waals surface area contributed by atoms with Crippen LogP contribution in [0.25, 0.3) is 5.65 Å². The van der Waals surface area contributed by atoms with Crippen molar-refractivity contribution in [1.82, 2.24) is 14.4 Å². The van der Waals surface area contributed by atoms with Gasteiger partial charge in [0.2, 0.25) is 0 Å². The molecule has 2 N–H and O–H groups in total. The molecule has 0 aliphatic carbocycles. The van der Waals surface area contributed by atoms with E-state index < -0.39 is 0 Å². The highest BCUT2D eigenvalue weighted by Gasteiger charge is 2.07. The van der Waals surface area contributed by atoms with Crippen molar-refractivity contribution < 1.29 is 0 Å². The molecule has 3 aromatic heterocycles. The highest BCUT2D eigenvalue weighted by atomic mass is 32.1. The van der Waals surface area contributed by atoms with Gasteiger partial charge >= 0.3 is 0 Å². The Bertz CT molecular complexity index is 689. The topological polar surface area (TPSA) is 54.2 Å². The van der Waals surface area contributed by atoms with Crippen LogP contribution in [-0.2, 0) is 6.42 Å². The summed E-state index contributed by atoms with van der Waals surface area (Å²) in [6, 6.07) is 4.24.